The molecule has 1 fully saturated rings. The van der Waals surface area contributed by atoms with E-state index in [1.165, 1.54) is 29.4 Å². The van der Waals surface area contributed by atoms with E-state index >= 15 is 0 Å². The molecule has 1 aliphatic carbocycles. The van der Waals surface area contributed by atoms with Crippen LogP contribution in [0.5, 0.6) is 0 Å². The molecule has 0 radical (unpaired) electrons. The van der Waals surface area contributed by atoms with E-state index in [-0.39, 0.29) is 0 Å². The van der Waals surface area contributed by atoms with Crippen molar-refractivity contribution in [1.29, 1.82) is 0 Å². The maximum atomic E-state index is 4.87. The predicted molar refractivity (Wildman–Crippen MR) is 122 cm³/mol. The Morgan fingerprint density at radius 3 is 2.47 bits per heavy atom. The minimum atomic E-state index is 0.635. The molecule has 0 aliphatic heterocycles. The molecule has 0 saturated heterocycles. The van der Waals surface area contributed by atoms with Crippen molar-refractivity contribution >= 4 is 10.9 Å². The molecule has 0 atom stereocenters. The van der Waals surface area contributed by atoms with Gasteiger partial charge in [-0.3, -0.25) is 14.9 Å². The number of nitrogens with one attached hydrogen (secondary N) is 2. The summed E-state index contributed by atoms with van der Waals surface area (Å²) in [5.74, 6) is 3.92. The molecule has 8 nitrogen and oxygen atoms in total. The first kappa shape index (κ1) is 18.9. The molecule has 1 saturated carbocycles. The lowest BCUT2D eigenvalue weighted by atomic mass is 9.97. The third-order valence-corrected chi connectivity index (χ3v) is 6.21. The minimum absolute atomic E-state index is 0.635. The standard InChI is InChI=1S/C24H24N8/c1-3-20-26-23(30-29-20)15-6-8-16(9-7-15)24-27-21(32(2)31-24)12-17-10-11-19-18(13-25-28-19)22(17)14-4-5-14/h6-11,13-14H,3-5,12H2,1-2H3,(H,25,28)(H,26,29,30). The summed E-state index contributed by atoms with van der Waals surface area (Å²) in [6.07, 6.45) is 6.04. The summed E-state index contributed by atoms with van der Waals surface area (Å²) in [5, 5.41) is 20.5. The van der Waals surface area contributed by atoms with Crippen molar-refractivity contribution in [1.82, 2.24) is 40.1 Å². The Labute approximate surface area is 185 Å². The summed E-state index contributed by atoms with van der Waals surface area (Å²) >= 11 is 0. The van der Waals surface area contributed by atoms with Crippen LogP contribution in [0.3, 0.4) is 0 Å². The van der Waals surface area contributed by atoms with Crippen LogP contribution in [0.1, 0.15) is 48.5 Å². The Kier molecular flexibility index (Phi) is 4.38. The van der Waals surface area contributed by atoms with Gasteiger partial charge in [0.1, 0.15) is 11.6 Å². The smallest absolute Gasteiger partial charge is 0.181 e. The van der Waals surface area contributed by atoms with Crippen molar-refractivity contribution in [3.63, 3.8) is 0 Å². The number of aryl methyl sites for hydroxylation is 2. The van der Waals surface area contributed by atoms with Crippen LogP contribution in [-0.4, -0.2) is 40.1 Å². The fraction of sp³-hybridized carbons (Fsp3) is 0.292. The number of aromatic amines is 2. The van der Waals surface area contributed by atoms with Crippen molar-refractivity contribution in [2.45, 2.75) is 38.5 Å². The second-order valence-electron chi connectivity index (χ2n) is 8.43. The van der Waals surface area contributed by atoms with Crippen LogP contribution in [0, 0.1) is 0 Å². The number of aromatic nitrogens is 8. The van der Waals surface area contributed by atoms with E-state index in [4.69, 9.17) is 4.98 Å². The summed E-state index contributed by atoms with van der Waals surface area (Å²) in [4.78, 5) is 9.38. The summed E-state index contributed by atoms with van der Waals surface area (Å²) in [5.41, 5.74) is 5.79. The van der Waals surface area contributed by atoms with Gasteiger partial charge in [0.25, 0.3) is 0 Å². The molecule has 3 heterocycles. The van der Waals surface area contributed by atoms with E-state index in [2.05, 4.69) is 49.5 Å². The molecule has 6 rings (SSSR count). The minimum Gasteiger partial charge on any atom is -0.278 e. The third kappa shape index (κ3) is 3.28. The van der Waals surface area contributed by atoms with Crippen LogP contribution < -0.4 is 0 Å². The van der Waals surface area contributed by atoms with Gasteiger partial charge in [-0.25, -0.2) is 9.97 Å². The van der Waals surface area contributed by atoms with Crippen LogP contribution in [0.25, 0.3) is 33.7 Å². The van der Waals surface area contributed by atoms with E-state index in [1.54, 1.807) is 0 Å². The Morgan fingerprint density at radius 2 is 1.75 bits per heavy atom. The molecule has 2 N–H and O–H groups in total. The predicted octanol–water partition coefficient (Wildman–Crippen LogP) is 4.17. The fourth-order valence-electron chi connectivity index (χ4n) is 4.31. The highest BCUT2D eigenvalue weighted by atomic mass is 15.3. The van der Waals surface area contributed by atoms with E-state index in [9.17, 15) is 0 Å². The number of H-pyrrole nitrogens is 2. The van der Waals surface area contributed by atoms with Crippen LogP contribution in [-0.2, 0) is 19.9 Å². The normalized spacial score (nSPS) is 13.8. The summed E-state index contributed by atoms with van der Waals surface area (Å²) < 4.78 is 1.89. The Bertz CT molecular complexity index is 1400. The molecule has 5 aromatic rings. The van der Waals surface area contributed by atoms with Gasteiger partial charge in [-0.15, -0.1) is 0 Å². The van der Waals surface area contributed by atoms with E-state index < -0.39 is 0 Å². The van der Waals surface area contributed by atoms with Gasteiger partial charge in [-0.2, -0.15) is 15.3 Å². The molecule has 0 unspecified atom stereocenters. The van der Waals surface area contributed by atoms with Gasteiger partial charge >= 0.3 is 0 Å². The topological polar surface area (TPSA) is 101 Å². The molecule has 0 amide bonds. The molecule has 160 valence electrons. The van der Waals surface area contributed by atoms with Gasteiger partial charge in [0, 0.05) is 36.4 Å². The van der Waals surface area contributed by atoms with Gasteiger partial charge in [-0.05, 0) is 36.0 Å². The molecule has 0 spiro atoms. The van der Waals surface area contributed by atoms with Crippen molar-refractivity contribution in [3.05, 3.63) is 65.4 Å². The average Bonchev–Trinajstić information content (AvgIpc) is 3.20. The molecular weight excluding hydrogens is 400 g/mol. The van der Waals surface area contributed by atoms with Gasteiger partial charge in [0.15, 0.2) is 11.6 Å². The van der Waals surface area contributed by atoms with Crippen molar-refractivity contribution in [2.24, 2.45) is 7.05 Å². The van der Waals surface area contributed by atoms with Gasteiger partial charge in [0.2, 0.25) is 0 Å². The van der Waals surface area contributed by atoms with E-state index in [1.807, 2.05) is 42.2 Å². The second kappa shape index (κ2) is 7.40. The lowest BCUT2D eigenvalue weighted by molar-refractivity contribution is 0.716. The van der Waals surface area contributed by atoms with Gasteiger partial charge in [-0.1, -0.05) is 37.3 Å². The maximum absolute atomic E-state index is 4.87. The molecular formula is C24H24N8. The lowest BCUT2D eigenvalue weighted by Gasteiger charge is -2.09. The zero-order valence-corrected chi connectivity index (χ0v) is 18.1. The largest absolute Gasteiger partial charge is 0.278 e. The van der Waals surface area contributed by atoms with Crippen LogP contribution in [0.4, 0.5) is 0 Å². The molecule has 0 bridgehead atoms. The summed E-state index contributed by atoms with van der Waals surface area (Å²) in [6, 6.07) is 12.4. The average molecular weight is 425 g/mol. The van der Waals surface area contributed by atoms with Crippen LogP contribution >= 0.6 is 0 Å². The molecule has 3 aromatic heterocycles. The number of fused-ring (bicyclic) bond motifs is 1. The monoisotopic (exact) mass is 424 g/mol. The second-order valence-corrected chi connectivity index (χ2v) is 8.43. The number of benzene rings is 2. The number of hydrogen-bond acceptors (Lipinski definition) is 5. The van der Waals surface area contributed by atoms with Crippen LogP contribution in [0.15, 0.2) is 42.6 Å². The quantitative estimate of drug-likeness (QED) is 0.426. The van der Waals surface area contributed by atoms with E-state index in [0.717, 1.165) is 47.0 Å². The maximum Gasteiger partial charge on any atom is 0.181 e. The summed E-state index contributed by atoms with van der Waals surface area (Å²) in [6.45, 7) is 2.05. The van der Waals surface area contributed by atoms with Crippen molar-refractivity contribution in [3.8, 4) is 22.8 Å². The van der Waals surface area contributed by atoms with Crippen molar-refractivity contribution in [2.75, 3.05) is 0 Å². The first-order valence-corrected chi connectivity index (χ1v) is 11.1. The number of hydrogen-bond donors (Lipinski definition) is 2. The van der Waals surface area contributed by atoms with Gasteiger partial charge in [0.05, 0.1) is 11.7 Å². The first-order valence-electron chi connectivity index (χ1n) is 11.1. The van der Waals surface area contributed by atoms with Crippen molar-refractivity contribution < 1.29 is 0 Å². The number of nitrogens with zero attached hydrogens (tertiary/aromatic N) is 6. The number of rotatable bonds is 6. The first-order chi connectivity index (χ1) is 15.7. The van der Waals surface area contributed by atoms with E-state index in [0.29, 0.717) is 11.7 Å². The third-order valence-electron chi connectivity index (χ3n) is 6.21. The summed E-state index contributed by atoms with van der Waals surface area (Å²) in [7, 11) is 1.97. The Morgan fingerprint density at radius 1 is 0.969 bits per heavy atom. The fourth-order valence-corrected chi connectivity index (χ4v) is 4.31. The molecule has 32 heavy (non-hydrogen) atoms. The SMILES string of the molecule is CCc1nc(-c2ccc(-c3nc(Cc4ccc5[nH]ncc5c4C4CC4)n(C)n3)cc2)n[nH]1. The highest BCUT2D eigenvalue weighted by Crippen LogP contribution is 2.45. The zero-order valence-electron chi connectivity index (χ0n) is 18.1. The highest BCUT2D eigenvalue weighted by Gasteiger charge is 2.29. The highest BCUT2D eigenvalue weighted by molar-refractivity contribution is 5.84. The zero-order chi connectivity index (χ0) is 21.7. The van der Waals surface area contributed by atoms with Crippen LogP contribution in [0.2, 0.25) is 0 Å². The molecule has 2 aromatic carbocycles. The molecule has 8 heteroatoms. The van der Waals surface area contributed by atoms with Gasteiger partial charge < -0.3 is 0 Å². The Hall–Kier alpha value is -3.81. The Balaban J connectivity index is 1.29. The molecule has 1 aliphatic rings. The lowest BCUT2D eigenvalue weighted by Crippen LogP contribution is -2.03.